The number of carbonyl (C=O) groups is 1. The number of nitro benzene ring substituents is 1. The summed E-state index contributed by atoms with van der Waals surface area (Å²) in [5.74, 6) is -0.758. The predicted molar refractivity (Wildman–Crippen MR) is 92.4 cm³/mol. The lowest BCUT2D eigenvalue weighted by Crippen LogP contribution is -2.27. The summed E-state index contributed by atoms with van der Waals surface area (Å²) in [4.78, 5) is 24.2. The third-order valence-corrected chi connectivity index (χ3v) is 3.83. The zero-order chi connectivity index (χ0) is 18.7. The fourth-order valence-electron chi connectivity index (χ4n) is 2.48. The summed E-state index contributed by atoms with van der Waals surface area (Å²) in [5.41, 5.74) is 0.967. The van der Waals surface area contributed by atoms with Gasteiger partial charge in [-0.15, -0.1) is 0 Å². The molecular weight excluding hydrogens is 339 g/mol. The van der Waals surface area contributed by atoms with Gasteiger partial charge in [-0.25, -0.2) is 9.07 Å². The number of aromatic nitrogens is 2. The van der Waals surface area contributed by atoms with Gasteiger partial charge in [-0.2, -0.15) is 5.10 Å². The van der Waals surface area contributed by atoms with Crippen LogP contribution in [0.15, 0.2) is 60.8 Å². The number of carbonyl (C=O) groups excluding carboxylic acids is 1. The number of halogens is 1. The number of amides is 1. The summed E-state index contributed by atoms with van der Waals surface area (Å²) >= 11 is 0. The summed E-state index contributed by atoms with van der Waals surface area (Å²) in [6, 6.07) is 13.7. The Bertz CT molecular complexity index is 970. The highest BCUT2D eigenvalue weighted by molar-refractivity contribution is 5.92. The summed E-state index contributed by atoms with van der Waals surface area (Å²) in [6.07, 6.45) is 1.54. The van der Waals surface area contributed by atoms with Crippen molar-refractivity contribution in [2.24, 2.45) is 0 Å². The number of rotatable bonds is 5. The third-order valence-electron chi connectivity index (χ3n) is 3.83. The Kier molecular flexibility index (Phi) is 4.74. The molecule has 0 spiro atoms. The van der Waals surface area contributed by atoms with E-state index in [1.54, 1.807) is 43.6 Å². The minimum atomic E-state index is -0.499. The molecule has 1 heterocycles. The van der Waals surface area contributed by atoms with Crippen LogP contribution in [0.1, 0.15) is 16.1 Å². The highest BCUT2D eigenvalue weighted by atomic mass is 19.1. The van der Waals surface area contributed by atoms with Crippen molar-refractivity contribution in [1.29, 1.82) is 0 Å². The fourth-order valence-corrected chi connectivity index (χ4v) is 2.48. The molecule has 2 aromatic carbocycles. The predicted octanol–water partition coefficient (Wildman–Crippen LogP) is 3.19. The molecule has 1 aromatic heterocycles. The number of benzene rings is 2. The Morgan fingerprint density at radius 3 is 2.73 bits per heavy atom. The van der Waals surface area contributed by atoms with Crippen LogP contribution in [0.3, 0.4) is 0 Å². The Morgan fingerprint density at radius 1 is 1.23 bits per heavy atom. The van der Waals surface area contributed by atoms with Gasteiger partial charge in [0.25, 0.3) is 11.6 Å². The van der Waals surface area contributed by atoms with Crippen LogP contribution in [0.2, 0.25) is 0 Å². The van der Waals surface area contributed by atoms with E-state index in [1.165, 1.54) is 33.8 Å². The van der Waals surface area contributed by atoms with Gasteiger partial charge in [0.15, 0.2) is 5.69 Å². The molecule has 0 unspecified atom stereocenters. The molecule has 0 N–H and O–H groups in total. The van der Waals surface area contributed by atoms with Gasteiger partial charge in [-0.1, -0.05) is 24.3 Å². The van der Waals surface area contributed by atoms with Crippen molar-refractivity contribution < 1.29 is 14.1 Å². The molecule has 3 aromatic rings. The molecule has 26 heavy (non-hydrogen) atoms. The molecule has 0 saturated carbocycles. The largest absolute Gasteiger partial charge is 0.336 e. The zero-order valence-corrected chi connectivity index (χ0v) is 13.9. The van der Waals surface area contributed by atoms with Crippen LogP contribution in [0, 0.1) is 15.9 Å². The monoisotopic (exact) mass is 354 g/mol. The maximum atomic E-state index is 13.7. The molecular formula is C18H15FN4O3. The molecule has 0 aliphatic heterocycles. The lowest BCUT2D eigenvalue weighted by Gasteiger charge is -2.16. The SMILES string of the molecule is CN(Cc1ccccc1F)C(=O)c1ccn(-c2cccc([N+](=O)[O-])c2)n1. The summed E-state index contributed by atoms with van der Waals surface area (Å²) in [7, 11) is 1.56. The van der Waals surface area contributed by atoms with E-state index in [-0.39, 0.29) is 29.7 Å². The van der Waals surface area contributed by atoms with E-state index in [9.17, 15) is 19.3 Å². The lowest BCUT2D eigenvalue weighted by molar-refractivity contribution is -0.384. The highest BCUT2D eigenvalue weighted by Gasteiger charge is 2.17. The lowest BCUT2D eigenvalue weighted by atomic mass is 10.2. The van der Waals surface area contributed by atoms with Crippen molar-refractivity contribution >= 4 is 11.6 Å². The van der Waals surface area contributed by atoms with Gasteiger partial charge >= 0.3 is 0 Å². The molecule has 3 rings (SSSR count). The van der Waals surface area contributed by atoms with Crippen LogP contribution in [-0.4, -0.2) is 32.6 Å². The van der Waals surface area contributed by atoms with E-state index in [0.717, 1.165) is 0 Å². The Morgan fingerprint density at radius 2 is 2.00 bits per heavy atom. The summed E-state index contributed by atoms with van der Waals surface area (Å²) in [5, 5.41) is 15.0. The van der Waals surface area contributed by atoms with Gasteiger partial charge in [-0.3, -0.25) is 14.9 Å². The Labute approximate surface area is 148 Å². The van der Waals surface area contributed by atoms with Crippen molar-refractivity contribution in [3.63, 3.8) is 0 Å². The molecule has 0 aliphatic rings. The smallest absolute Gasteiger partial charge is 0.274 e. The standard InChI is InChI=1S/C18H15FN4O3/c1-21(12-13-5-2-3-8-16(13)19)18(24)17-9-10-22(20-17)14-6-4-7-15(11-14)23(25)26/h2-11H,12H2,1H3. The van der Waals surface area contributed by atoms with E-state index < -0.39 is 4.92 Å². The molecule has 7 nitrogen and oxygen atoms in total. The van der Waals surface area contributed by atoms with Crippen molar-refractivity contribution in [1.82, 2.24) is 14.7 Å². The van der Waals surface area contributed by atoms with Crippen molar-refractivity contribution in [3.8, 4) is 5.69 Å². The number of non-ortho nitro benzene ring substituents is 1. The molecule has 0 atom stereocenters. The quantitative estimate of drug-likeness (QED) is 0.520. The van der Waals surface area contributed by atoms with Crippen molar-refractivity contribution in [2.45, 2.75) is 6.54 Å². The maximum absolute atomic E-state index is 13.7. The van der Waals surface area contributed by atoms with Gasteiger partial charge in [0.05, 0.1) is 10.6 Å². The van der Waals surface area contributed by atoms with E-state index in [1.807, 2.05) is 0 Å². The summed E-state index contributed by atoms with van der Waals surface area (Å²) < 4.78 is 15.1. The van der Waals surface area contributed by atoms with Crippen LogP contribution < -0.4 is 0 Å². The van der Waals surface area contributed by atoms with Gasteiger partial charge in [-0.05, 0) is 18.2 Å². The highest BCUT2D eigenvalue weighted by Crippen LogP contribution is 2.17. The molecule has 0 fully saturated rings. The van der Waals surface area contributed by atoms with Gasteiger partial charge < -0.3 is 4.90 Å². The number of nitrogens with zero attached hydrogens (tertiary/aromatic N) is 4. The van der Waals surface area contributed by atoms with Crippen molar-refractivity contribution in [2.75, 3.05) is 7.05 Å². The van der Waals surface area contributed by atoms with Crippen LogP contribution >= 0.6 is 0 Å². The second-order valence-electron chi connectivity index (χ2n) is 5.68. The number of hydrogen-bond donors (Lipinski definition) is 0. The average Bonchev–Trinajstić information content (AvgIpc) is 3.13. The molecule has 0 radical (unpaired) electrons. The molecule has 8 heteroatoms. The topological polar surface area (TPSA) is 81.3 Å². The van der Waals surface area contributed by atoms with Gasteiger partial charge in [0, 0.05) is 37.5 Å². The fraction of sp³-hybridized carbons (Fsp3) is 0.111. The summed E-state index contributed by atoms with van der Waals surface area (Å²) in [6.45, 7) is 0.106. The first kappa shape index (κ1) is 17.3. The number of nitro groups is 1. The Balaban J connectivity index is 1.78. The van der Waals surface area contributed by atoms with E-state index in [2.05, 4.69) is 5.10 Å². The second-order valence-corrected chi connectivity index (χ2v) is 5.68. The number of hydrogen-bond acceptors (Lipinski definition) is 4. The average molecular weight is 354 g/mol. The first-order valence-corrected chi connectivity index (χ1v) is 7.75. The zero-order valence-electron chi connectivity index (χ0n) is 13.9. The maximum Gasteiger partial charge on any atom is 0.274 e. The van der Waals surface area contributed by atoms with Crippen molar-refractivity contribution in [3.05, 3.63) is 88.0 Å². The van der Waals surface area contributed by atoms with Crippen LogP contribution in [-0.2, 0) is 6.54 Å². The Hall–Kier alpha value is -3.55. The molecule has 0 bridgehead atoms. The minimum absolute atomic E-state index is 0.0671. The third kappa shape index (κ3) is 3.59. The minimum Gasteiger partial charge on any atom is -0.336 e. The van der Waals surface area contributed by atoms with Crippen LogP contribution in [0.5, 0.6) is 0 Å². The van der Waals surface area contributed by atoms with Gasteiger partial charge in [0.2, 0.25) is 0 Å². The van der Waals surface area contributed by atoms with E-state index in [0.29, 0.717) is 11.3 Å². The normalized spacial score (nSPS) is 10.5. The van der Waals surface area contributed by atoms with E-state index in [4.69, 9.17) is 0 Å². The second kappa shape index (κ2) is 7.14. The van der Waals surface area contributed by atoms with E-state index >= 15 is 0 Å². The first-order valence-electron chi connectivity index (χ1n) is 7.75. The van der Waals surface area contributed by atoms with Crippen LogP contribution in [0.25, 0.3) is 5.69 Å². The molecule has 1 amide bonds. The first-order chi connectivity index (χ1) is 12.5. The van der Waals surface area contributed by atoms with Gasteiger partial charge in [0.1, 0.15) is 5.82 Å². The molecule has 0 saturated heterocycles. The molecule has 0 aliphatic carbocycles. The van der Waals surface area contributed by atoms with Crippen LogP contribution in [0.4, 0.5) is 10.1 Å². The molecule has 132 valence electrons.